The molecule has 0 aliphatic carbocycles. The van der Waals surface area contributed by atoms with Crippen LogP contribution in [0.4, 0.5) is 5.82 Å². The lowest BCUT2D eigenvalue weighted by atomic mass is 10.1. The van der Waals surface area contributed by atoms with Gasteiger partial charge in [-0.05, 0) is 12.5 Å². The quantitative estimate of drug-likeness (QED) is 0.837. The van der Waals surface area contributed by atoms with Gasteiger partial charge in [0.2, 0.25) is 0 Å². The second kappa shape index (κ2) is 5.33. The summed E-state index contributed by atoms with van der Waals surface area (Å²) in [6, 6.07) is 1.99. The predicted molar refractivity (Wildman–Crippen MR) is 59.4 cm³/mol. The van der Waals surface area contributed by atoms with Crippen molar-refractivity contribution in [2.75, 3.05) is 11.9 Å². The van der Waals surface area contributed by atoms with Crippen LogP contribution in [0.1, 0.15) is 17.5 Å². The van der Waals surface area contributed by atoms with E-state index in [4.69, 9.17) is 22.0 Å². The van der Waals surface area contributed by atoms with Crippen LogP contribution in [-0.2, 0) is 4.79 Å². The third-order valence-corrected chi connectivity index (χ3v) is 2.40. The van der Waals surface area contributed by atoms with E-state index in [1.165, 1.54) is 6.20 Å². The van der Waals surface area contributed by atoms with Crippen molar-refractivity contribution in [3.05, 3.63) is 22.3 Å². The van der Waals surface area contributed by atoms with Crippen LogP contribution in [0.25, 0.3) is 0 Å². The maximum Gasteiger partial charge on any atom is 0.305 e. The zero-order valence-electron chi connectivity index (χ0n) is 8.62. The Bertz CT molecular complexity index is 454. The Hall–Kier alpha value is -1.80. The molecule has 0 aliphatic heterocycles. The summed E-state index contributed by atoms with van der Waals surface area (Å²) in [7, 11) is 0. The van der Waals surface area contributed by atoms with Gasteiger partial charge in [-0.25, -0.2) is 4.98 Å². The fourth-order valence-corrected chi connectivity index (χ4v) is 1.28. The highest BCUT2D eigenvalue weighted by Gasteiger charge is 2.09. The van der Waals surface area contributed by atoms with Crippen LogP contribution in [0.3, 0.4) is 0 Å². The van der Waals surface area contributed by atoms with Crippen LogP contribution < -0.4 is 5.32 Å². The third kappa shape index (κ3) is 2.84. The molecule has 0 amide bonds. The molecule has 1 aromatic heterocycles. The molecular formula is C10H10ClN3O2. The lowest BCUT2D eigenvalue weighted by molar-refractivity contribution is -0.136. The van der Waals surface area contributed by atoms with Crippen LogP contribution >= 0.6 is 11.6 Å². The topological polar surface area (TPSA) is 86.0 Å². The lowest BCUT2D eigenvalue weighted by Gasteiger charge is -2.08. The molecule has 1 aromatic rings. The maximum atomic E-state index is 10.3. The van der Waals surface area contributed by atoms with Gasteiger partial charge in [-0.2, -0.15) is 5.26 Å². The SMILES string of the molecule is Cc1c(Cl)cnc(NCCC(=O)O)c1C#N. The van der Waals surface area contributed by atoms with E-state index in [1.807, 2.05) is 6.07 Å². The van der Waals surface area contributed by atoms with E-state index >= 15 is 0 Å². The Morgan fingerprint density at radius 1 is 1.75 bits per heavy atom. The number of rotatable bonds is 4. The lowest BCUT2D eigenvalue weighted by Crippen LogP contribution is -2.10. The first-order valence-corrected chi connectivity index (χ1v) is 4.95. The molecule has 0 aliphatic rings. The van der Waals surface area contributed by atoms with E-state index in [0.717, 1.165) is 0 Å². The molecule has 0 unspecified atom stereocenters. The molecule has 0 radical (unpaired) electrons. The summed E-state index contributed by atoms with van der Waals surface area (Å²) in [5.41, 5.74) is 0.981. The second-order valence-electron chi connectivity index (χ2n) is 3.14. The monoisotopic (exact) mass is 239 g/mol. The standard InChI is InChI=1S/C10H10ClN3O2/c1-6-7(4-12)10(14-5-8(6)11)13-3-2-9(15)16/h5H,2-3H2,1H3,(H,13,14)(H,15,16). The number of pyridine rings is 1. The van der Waals surface area contributed by atoms with Crippen LogP contribution in [0.5, 0.6) is 0 Å². The van der Waals surface area contributed by atoms with E-state index < -0.39 is 5.97 Å². The Labute approximate surface area is 97.7 Å². The largest absolute Gasteiger partial charge is 0.481 e. The maximum absolute atomic E-state index is 10.3. The highest BCUT2D eigenvalue weighted by atomic mass is 35.5. The number of nitriles is 1. The molecule has 6 heteroatoms. The van der Waals surface area contributed by atoms with Gasteiger partial charge in [0.25, 0.3) is 0 Å². The summed E-state index contributed by atoms with van der Waals surface area (Å²) in [6.07, 6.45) is 1.40. The summed E-state index contributed by atoms with van der Waals surface area (Å²) >= 11 is 5.81. The van der Waals surface area contributed by atoms with Crippen molar-refractivity contribution in [2.24, 2.45) is 0 Å². The Balaban J connectivity index is 2.85. The highest BCUT2D eigenvalue weighted by molar-refractivity contribution is 6.31. The Morgan fingerprint density at radius 3 is 3.00 bits per heavy atom. The van der Waals surface area contributed by atoms with E-state index in [1.54, 1.807) is 6.92 Å². The van der Waals surface area contributed by atoms with Gasteiger partial charge in [-0.15, -0.1) is 0 Å². The Morgan fingerprint density at radius 2 is 2.44 bits per heavy atom. The first kappa shape index (κ1) is 12.3. The molecule has 5 nitrogen and oxygen atoms in total. The molecule has 16 heavy (non-hydrogen) atoms. The number of aliphatic carboxylic acids is 1. The van der Waals surface area contributed by atoms with Crippen LogP contribution in [0.2, 0.25) is 5.02 Å². The smallest absolute Gasteiger partial charge is 0.305 e. The Kier molecular flexibility index (Phi) is 4.09. The number of anilines is 1. The minimum Gasteiger partial charge on any atom is -0.481 e. The molecule has 84 valence electrons. The molecule has 0 atom stereocenters. The van der Waals surface area contributed by atoms with Crippen molar-refractivity contribution >= 4 is 23.4 Å². The summed E-state index contributed by atoms with van der Waals surface area (Å²) in [5, 5.41) is 20.6. The molecule has 0 saturated carbocycles. The number of carboxylic acid groups (broad SMARTS) is 1. The normalized spacial score (nSPS) is 9.56. The van der Waals surface area contributed by atoms with Gasteiger partial charge in [0.15, 0.2) is 0 Å². The number of nitrogens with one attached hydrogen (secondary N) is 1. The molecule has 0 aromatic carbocycles. The third-order valence-electron chi connectivity index (χ3n) is 2.02. The van der Waals surface area contributed by atoms with Gasteiger partial charge < -0.3 is 10.4 Å². The van der Waals surface area contributed by atoms with E-state index in [9.17, 15) is 4.79 Å². The van der Waals surface area contributed by atoms with Crippen molar-refractivity contribution in [3.8, 4) is 6.07 Å². The average molecular weight is 240 g/mol. The van der Waals surface area contributed by atoms with Crippen molar-refractivity contribution in [2.45, 2.75) is 13.3 Å². The number of hydrogen-bond donors (Lipinski definition) is 2. The zero-order chi connectivity index (χ0) is 12.1. The summed E-state index contributed by atoms with van der Waals surface area (Å²) in [6.45, 7) is 1.93. The van der Waals surface area contributed by atoms with Gasteiger partial charge >= 0.3 is 5.97 Å². The minimum atomic E-state index is -0.906. The van der Waals surface area contributed by atoms with E-state index in [-0.39, 0.29) is 13.0 Å². The molecule has 1 rings (SSSR count). The summed E-state index contributed by atoms with van der Waals surface area (Å²) < 4.78 is 0. The van der Waals surface area contributed by atoms with Gasteiger partial charge in [0.05, 0.1) is 17.0 Å². The molecular weight excluding hydrogens is 230 g/mol. The van der Waals surface area contributed by atoms with Gasteiger partial charge in [-0.3, -0.25) is 4.79 Å². The number of nitrogens with zero attached hydrogens (tertiary/aromatic N) is 2. The fourth-order valence-electron chi connectivity index (χ4n) is 1.14. The van der Waals surface area contributed by atoms with E-state index in [0.29, 0.717) is 22.0 Å². The average Bonchev–Trinajstić information content (AvgIpc) is 2.23. The molecule has 0 spiro atoms. The van der Waals surface area contributed by atoms with Gasteiger partial charge in [0.1, 0.15) is 11.9 Å². The fraction of sp³-hybridized carbons (Fsp3) is 0.300. The number of hydrogen-bond acceptors (Lipinski definition) is 4. The van der Waals surface area contributed by atoms with Gasteiger partial charge in [-0.1, -0.05) is 11.6 Å². The molecule has 0 saturated heterocycles. The summed E-state index contributed by atoms with van der Waals surface area (Å²) in [5.74, 6) is -0.539. The molecule has 0 fully saturated rings. The number of aromatic nitrogens is 1. The number of halogens is 1. The highest BCUT2D eigenvalue weighted by Crippen LogP contribution is 2.22. The first-order valence-electron chi connectivity index (χ1n) is 4.57. The van der Waals surface area contributed by atoms with E-state index in [2.05, 4.69) is 10.3 Å². The zero-order valence-corrected chi connectivity index (χ0v) is 9.38. The van der Waals surface area contributed by atoms with Crippen LogP contribution in [0, 0.1) is 18.3 Å². The van der Waals surface area contributed by atoms with Gasteiger partial charge in [0, 0.05) is 12.7 Å². The van der Waals surface area contributed by atoms with Crippen molar-refractivity contribution in [1.82, 2.24) is 4.98 Å². The molecule has 0 bridgehead atoms. The second-order valence-corrected chi connectivity index (χ2v) is 3.54. The predicted octanol–water partition coefficient (Wildman–Crippen LogP) is 1.80. The van der Waals surface area contributed by atoms with Crippen molar-refractivity contribution in [1.29, 1.82) is 5.26 Å². The van der Waals surface area contributed by atoms with Crippen LogP contribution in [0.15, 0.2) is 6.20 Å². The molecule has 1 heterocycles. The van der Waals surface area contributed by atoms with Crippen molar-refractivity contribution in [3.63, 3.8) is 0 Å². The number of carboxylic acids is 1. The van der Waals surface area contributed by atoms with Crippen molar-refractivity contribution < 1.29 is 9.90 Å². The number of carbonyl (C=O) groups is 1. The minimum absolute atomic E-state index is 0.0335. The summed E-state index contributed by atoms with van der Waals surface area (Å²) in [4.78, 5) is 14.3. The van der Waals surface area contributed by atoms with Crippen LogP contribution in [-0.4, -0.2) is 22.6 Å². The molecule has 2 N–H and O–H groups in total. The first-order chi connectivity index (χ1) is 7.56.